The van der Waals surface area contributed by atoms with E-state index in [0.717, 1.165) is 10.8 Å². The SMILES string of the molecule is [C-]#[N+]c1ccc2ccc(C(=O)OC)cc2c1B1OC(C)(C)C(C)(C)O1. The Labute approximate surface area is 147 Å². The molecular formula is C19H20BNO4. The van der Waals surface area contributed by atoms with Crippen LogP contribution in [0.1, 0.15) is 38.1 Å². The number of hydrogen-bond acceptors (Lipinski definition) is 4. The van der Waals surface area contributed by atoms with Crippen LogP contribution in [0.5, 0.6) is 0 Å². The third-order valence-corrected chi connectivity index (χ3v) is 5.07. The van der Waals surface area contributed by atoms with E-state index < -0.39 is 24.3 Å². The molecule has 0 spiro atoms. The molecule has 128 valence electrons. The number of ether oxygens (including phenoxy) is 1. The van der Waals surface area contributed by atoms with Gasteiger partial charge in [-0.15, -0.1) is 0 Å². The van der Waals surface area contributed by atoms with Gasteiger partial charge in [-0.25, -0.2) is 9.64 Å². The van der Waals surface area contributed by atoms with Gasteiger partial charge < -0.3 is 14.0 Å². The monoisotopic (exact) mass is 337 g/mol. The first-order valence-corrected chi connectivity index (χ1v) is 8.08. The molecule has 0 aromatic heterocycles. The second kappa shape index (κ2) is 5.87. The van der Waals surface area contributed by atoms with E-state index in [4.69, 9.17) is 20.6 Å². The molecular weight excluding hydrogens is 317 g/mol. The van der Waals surface area contributed by atoms with Crippen molar-refractivity contribution in [2.75, 3.05) is 7.11 Å². The van der Waals surface area contributed by atoms with Crippen molar-refractivity contribution in [1.29, 1.82) is 0 Å². The number of carbonyl (C=O) groups is 1. The maximum Gasteiger partial charge on any atom is 0.484 e. The van der Waals surface area contributed by atoms with Crippen LogP contribution in [-0.2, 0) is 14.0 Å². The Morgan fingerprint density at radius 3 is 2.28 bits per heavy atom. The van der Waals surface area contributed by atoms with E-state index in [9.17, 15) is 4.79 Å². The summed E-state index contributed by atoms with van der Waals surface area (Å²) in [4.78, 5) is 15.5. The summed E-state index contributed by atoms with van der Waals surface area (Å²) in [5.74, 6) is -0.421. The molecule has 3 rings (SSSR count). The highest BCUT2D eigenvalue weighted by molar-refractivity contribution is 6.67. The molecule has 5 nitrogen and oxygen atoms in total. The molecule has 2 aromatic rings. The smallest absolute Gasteiger partial charge is 0.465 e. The zero-order valence-corrected chi connectivity index (χ0v) is 15.0. The summed E-state index contributed by atoms with van der Waals surface area (Å²) >= 11 is 0. The minimum atomic E-state index is -0.675. The number of hydrogen-bond donors (Lipinski definition) is 0. The van der Waals surface area contributed by atoms with Crippen LogP contribution in [-0.4, -0.2) is 31.4 Å². The first-order valence-electron chi connectivity index (χ1n) is 8.08. The molecule has 1 heterocycles. The first-order chi connectivity index (χ1) is 11.7. The van der Waals surface area contributed by atoms with Gasteiger partial charge in [-0.05, 0) is 56.1 Å². The van der Waals surface area contributed by atoms with Gasteiger partial charge in [-0.1, -0.05) is 18.2 Å². The second-order valence-corrected chi connectivity index (χ2v) is 7.13. The van der Waals surface area contributed by atoms with Crippen LogP contribution >= 0.6 is 0 Å². The van der Waals surface area contributed by atoms with Gasteiger partial charge >= 0.3 is 13.1 Å². The minimum Gasteiger partial charge on any atom is -0.465 e. The van der Waals surface area contributed by atoms with E-state index >= 15 is 0 Å². The highest BCUT2D eigenvalue weighted by Gasteiger charge is 2.52. The van der Waals surface area contributed by atoms with Gasteiger partial charge in [0.05, 0.1) is 30.4 Å². The number of fused-ring (bicyclic) bond motifs is 1. The van der Waals surface area contributed by atoms with Crippen LogP contribution in [0.25, 0.3) is 15.6 Å². The van der Waals surface area contributed by atoms with E-state index in [1.807, 2.05) is 39.8 Å². The van der Waals surface area contributed by atoms with Crippen molar-refractivity contribution in [3.05, 3.63) is 47.3 Å². The summed E-state index contributed by atoms with van der Waals surface area (Å²) in [5, 5.41) is 1.67. The molecule has 0 N–H and O–H groups in total. The number of rotatable bonds is 2. The van der Waals surface area contributed by atoms with Crippen molar-refractivity contribution in [2.24, 2.45) is 0 Å². The van der Waals surface area contributed by atoms with Crippen LogP contribution in [0.4, 0.5) is 5.69 Å². The number of carbonyl (C=O) groups excluding carboxylic acids is 1. The lowest BCUT2D eigenvalue weighted by Gasteiger charge is -2.32. The number of methoxy groups -OCH3 is 1. The predicted molar refractivity (Wildman–Crippen MR) is 97.3 cm³/mol. The van der Waals surface area contributed by atoms with Gasteiger partial charge in [0.25, 0.3) is 0 Å². The van der Waals surface area contributed by atoms with Crippen LogP contribution < -0.4 is 5.46 Å². The van der Waals surface area contributed by atoms with Gasteiger partial charge in [0, 0.05) is 0 Å². The average molecular weight is 337 g/mol. The fourth-order valence-electron chi connectivity index (χ4n) is 2.88. The van der Waals surface area contributed by atoms with Gasteiger partial charge in [0.2, 0.25) is 0 Å². The molecule has 1 saturated heterocycles. The minimum absolute atomic E-state index is 0.421. The molecule has 0 bridgehead atoms. The third kappa shape index (κ3) is 2.80. The normalized spacial score (nSPS) is 18.2. The van der Waals surface area contributed by atoms with Gasteiger partial charge in [0.1, 0.15) is 0 Å². The Hall–Kier alpha value is -2.36. The molecule has 0 atom stereocenters. The van der Waals surface area contributed by atoms with Gasteiger partial charge in [-0.3, -0.25) is 0 Å². The molecule has 6 heteroatoms. The molecule has 25 heavy (non-hydrogen) atoms. The van der Waals surface area contributed by atoms with E-state index in [1.165, 1.54) is 7.11 Å². The fourth-order valence-corrected chi connectivity index (χ4v) is 2.88. The fraction of sp³-hybridized carbons (Fsp3) is 0.368. The Morgan fingerprint density at radius 1 is 1.12 bits per heavy atom. The Balaban J connectivity index is 2.22. The number of benzene rings is 2. The summed E-state index contributed by atoms with van der Waals surface area (Å²) < 4.78 is 17.1. The maximum absolute atomic E-state index is 11.9. The van der Waals surface area contributed by atoms with Crippen molar-refractivity contribution in [2.45, 2.75) is 38.9 Å². The van der Waals surface area contributed by atoms with E-state index in [0.29, 0.717) is 16.7 Å². The summed E-state index contributed by atoms with van der Waals surface area (Å²) in [6, 6.07) is 8.89. The topological polar surface area (TPSA) is 49.1 Å². The largest absolute Gasteiger partial charge is 0.484 e. The zero-order chi connectivity index (χ0) is 18.4. The summed E-state index contributed by atoms with van der Waals surface area (Å²) in [6.45, 7) is 15.4. The molecule has 0 radical (unpaired) electrons. The standard InChI is InChI=1S/C19H20BNO4/c1-18(2)19(3,4)25-20(24-18)16-14-11-13(17(22)23-6)8-7-12(14)9-10-15(16)21-5/h7-11H,1-4,6H3. The lowest BCUT2D eigenvalue weighted by molar-refractivity contribution is 0.00578. The third-order valence-electron chi connectivity index (χ3n) is 5.07. The Morgan fingerprint density at radius 2 is 1.72 bits per heavy atom. The first kappa shape index (κ1) is 17.5. The van der Waals surface area contributed by atoms with E-state index in [1.54, 1.807) is 18.2 Å². The Bertz CT molecular complexity index is 882. The van der Waals surface area contributed by atoms with Gasteiger partial charge in [0.15, 0.2) is 5.69 Å². The molecule has 2 aromatic carbocycles. The quantitative estimate of drug-likeness (QED) is 0.478. The summed E-state index contributed by atoms with van der Waals surface area (Å²) in [6.07, 6.45) is 0. The molecule has 0 amide bonds. The van der Waals surface area contributed by atoms with Crippen molar-refractivity contribution in [3.63, 3.8) is 0 Å². The average Bonchev–Trinajstić information content (AvgIpc) is 2.79. The molecule has 1 aliphatic heterocycles. The van der Waals surface area contributed by atoms with Crippen molar-refractivity contribution >= 4 is 35.0 Å². The van der Waals surface area contributed by atoms with E-state index in [2.05, 4.69) is 4.85 Å². The van der Waals surface area contributed by atoms with Crippen LogP contribution in [0.2, 0.25) is 0 Å². The van der Waals surface area contributed by atoms with E-state index in [-0.39, 0.29) is 0 Å². The van der Waals surface area contributed by atoms with Gasteiger partial charge in [-0.2, -0.15) is 0 Å². The van der Waals surface area contributed by atoms with Crippen LogP contribution in [0.3, 0.4) is 0 Å². The molecule has 0 aliphatic carbocycles. The lowest BCUT2D eigenvalue weighted by atomic mass is 9.74. The van der Waals surface area contributed by atoms with Crippen molar-refractivity contribution in [1.82, 2.24) is 0 Å². The predicted octanol–water partition coefficient (Wildman–Crippen LogP) is 3.48. The zero-order valence-electron chi connectivity index (χ0n) is 15.0. The lowest BCUT2D eigenvalue weighted by Crippen LogP contribution is -2.41. The second-order valence-electron chi connectivity index (χ2n) is 7.13. The molecule has 1 fully saturated rings. The number of nitrogens with zero attached hydrogens (tertiary/aromatic N) is 1. The maximum atomic E-state index is 11.9. The Kier molecular flexibility index (Phi) is 4.10. The molecule has 0 unspecified atom stereocenters. The summed E-state index contributed by atoms with van der Waals surface area (Å²) in [5.41, 5.74) is 0.498. The highest BCUT2D eigenvalue weighted by atomic mass is 16.7. The van der Waals surface area contributed by atoms with Crippen molar-refractivity contribution in [3.8, 4) is 0 Å². The number of esters is 1. The van der Waals surface area contributed by atoms with Crippen LogP contribution in [0, 0.1) is 6.57 Å². The summed E-state index contributed by atoms with van der Waals surface area (Å²) in [7, 11) is 0.669. The van der Waals surface area contributed by atoms with Crippen LogP contribution in [0.15, 0.2) is 30.3 Å². The molecule has 1 aliphatic rings. The molecule has 0 saturated carbocycles. The highest BCUT2D eigenvalue weighted by Crippen LogP contribution is 2.38. The van der Waals surface area contributed by atoms with Crippen molar-refractivity contribution < 1.29 is 18.8 Å².